The highest BCUT2D eigenvalue weighted by Gasteiger charge is 2.41. The molecule has 1 fully saturated rings. The molecule has 3 rings (SSSR count). The van der Waals surface area contributed by atoms with E-state index >= 15 is 0 Å². The molecule has 0 radical (unpaired) electrons. The number of benzene rings is 1. The number of carbonyl (C=O) groups is 2. The third-order valence-corrected chi connectivity index (χ3v) is 5.50. The number of piperidine rings is 1. The van der Waals surface area contributed by atoms with Crippen LogP contribution in [0.15, 0.2) is 42.7 Å². The molecule has 1 saturated heterocycles. The maximum absolute atomic E-state index is 13.1. The molecule has 2 N–H and O–H groups in total. The average Bonchev–Trinajstić information content (AvgIpc) is 3.29. The van der Waals surface area contributed by atoms with Crippen LogP contribution in [-0.4, -0.2) is 52.7 Å². The molecule has 2 heterocycles. The first-order valence-corrected chi connectivity index (χ1v) is 9.98. The first-order chi connectivity index (χ1) is 13.6. The molecule has 0 bridgehead atoms. The van der Waals surface area contributed by atoms with Gasteiger partial charge < -0.3 is 15.5 Å². The molecule has 1 aromatic carbocycles. The van der Waals surface area contributed by atoms with Crippen molar-refractivity contribution >= 4 is 24.2 Å². The molecule has 29 heavy (non-hydrogen) atoms. The fourth-order valence-corrected chi connectivity index (χ4v) is 3.73. The Hall–Kier alpha value is -2.38. The van der Waals surface area contributed by atoms with E-state index in [0.29, 0.717) is 38.0 Å². The molecule has 1 aliphatic heterocycles. The van der Waals surface area contributed by atoms with Crippen LogP contribution < -0.4 is 10.6 Å². The Morgan fingerprint density at radius 2 is 1.83 bits per heavy atom. The lowest BCUT2D eigenvalue weighted by atomic mass is 9.87. The molecule has 0 spiro atoms. The highest BCUT2D eigenvalue weighted by atomic mass is 35.5. The summed E-state index contributed by atoms with van der Waals surface area (Å²) in [6.45, 7) is 7.33. The maximum atomic E-state index is 13.1. The minimum atomic E-state index is -0.645. The molecule has 0 unspecified atom stereocenters. The number of aromatic nitrogens is 2. The normalized spacial score (nSPS) is 15.2. The van der Waals surface area contributed by atoms with E-state index in [0.717, 1.165) is 18.7 Å². The maximum Gasteiger partial charge on any atom is 0.253 e. The van der Waals surface area contributed by atoms with Crippen molar-refractivity contribution in [1.82, 2.24) is 25.3 Å². The number of hydrogen-bond donors (Lipinski definition) is 2. The Morgan fingerprint density at radius 3 is 2.38 bits per heavy atom. The Labute approximate surface area is 178 Å². The summed E-state index contributed by atoms with van der Waals surface area (Å²) in [6, 6.07) is 9.31. The second kappa shape index (κ2) is 10.4. The Morgan fingerprint density at radius 1 is 1.17 bits per heavy atom. The van der Waals surface area contributed by atoms with Gasteiger partial charge in [0, 0.05) is 37.6 Å². The van der Waals surface area contributed by atoms with E-state index in [1.807, 2.05) is 50.4 Å². The fraction of sp³-hybridized carbons (Fsp3) is 0.476. The van der Waals surface area contributed by atoms with Crippen LogP contribution in [0.2, 0.25) is 0 Å². The van der Waals surface area contributed by atoms with E-state index < -0.39 is 5.54 Å². The second-order valence-electron chi connectivity index (χ2n) is 7.09. The zero-order valence-corrected chi connectivity index (χ0v) is 17.9. The van der Waals surface area contributed by atoms with Crippen molar-refractivity contribution in [2.75, 3.05) is 26.2 Å². The van der Waals surface area contributed by atoms with Crippen LogP contribution in [-0.2, 0) is 16.9 Å². The van der Waals surface area contributed by atoms with Crippen LogP contribution in [0.1, 0.15) is 42.6 Å². The minimum Gasteiger partial charge on any atom is -0.350 e. The number of hydrogen-bond acceptors (Lipinski definition) is 4. The van der Waals surface area contributed by atoms with E-state index in [2.05, 4.69) is 15.7 Å². The number of rotatable bonds is 7. The van der Waals surface area contributed by atoms with Crippen molar-refractivity contribution in [2.24, 2.45) is 0 Å². The van der Waals surface area contributed by atoms with Gasteiger partial charge in [-0.2, -0.15) is 5.10 Å². The van der Waals surface area contributed by atoms with Crippen LogP contribution in [0.3, 0.4) is 0 Å². The lowest BCUT2D eigenvalue weighted by Crippen LogP contribution is -2.54. The lowest BCUT2D eigenvalue weighted by Gasteiger charge is -2.36. The third kappa shape index (κ3) is 4.97. The van der Waals surface area contributed by atoms with E-state index in [1.54, 1.807) is 15.8 Å². The smallest absolute Gasteiger partial charge is 0.253 e. The summed E-state index contributed by atoms with van der Waals surface area (Å²) in [5, 5.41) is 10.7. The van der Waals surface area contributed by atoms with Gasteiger partial charge in [0.1, 0.15) is 5.54 Å². The first kappa shape index (κ1) is 22.9. The monoisotopic (exact) mass is 419 g/mol. The topological polar surface area (TPSA) is 79.3 Å². The minimum absolute atomic E-state index is 0. The lowest BCUT2D eigenvalue weighted by molar-refractivity contribution is -0.132. The molecular formula is C21H30ClN5O2. The zero-order chi connectivity index (χ0) is 20.0. The fourth-order valence-electron chi connectivity index (χ4n) is 3.73. The van der Waals surface area contributed by atoms with Crippen LogP contribution in [0, 0.1) is 0 Å². The molecule has 0 saturated carbocycles. The Kier molecular flexibility index (Phi) is 8.22. The molecular weight excluding hydrogens is 390 g/mol. The molecule has 1 aliphatic rings. The van der Waals surface area contributed by atoms with Crippen molar-refractivity contribution in [3.63, 3.8) is 0 Å². The summed E-state index contributed by atoms with van der Waals surface area (Å²) in [6.07, 6.45) is 4.98. The van der Waals surface area contributed by atoms with Crippen LogP contribution >= 0.6 is 12.4 Å². The molecule has 1 aromatic heterocycles. The van der Waals surface area contributed by atoms with Gasteiger partial charge in [-0.15, -0.1) is 12.4 Å². The van der Waals surface area contributed by atoms with Gasteiger partial charge in [0.05, 0.1) is 0 Å². The van der Waals surface area contributed by atoms with E-state index in [4.69, 9.17) is 0 Å². The summed E-state index contributed by atoms with van der Waals surface area (Å²) in [5.41, 5.74) is 0.993. The highest BCUT2D eigenvalue weighted by Crippen LogP contribution is 2.27. The van der Waals surface area contributed by atoms with Gasteiger partial charge in [0.2, 0.25) is 5.91 Å². The van der Waals surface area contributed by atoms with E-state index in [-0.39, 0.29) is 24.2 Å². The molecule has 8 heteroatoms. The van der Waals surface area contributed by atoms with Crippen LogP contribution in [0.4, 0.5) is 0 Å². The summed E-state index contributed by atoms with van der Waals surface area (Å²) in [4.78, 5) is 27.3. The molecule has 2 amide bonds. The largest absolute Gasteiger partial charge is 0.350 e. The van der Waals surface area contributed by atoms with Crippen molar-refractivity contribution in [1.29, 1.82) is 0 Å². The van der Waals surface area contributed by atoms with Crippen LogP contribution in [0.25, 0.3) is 0 Å². The SMILES string of the molecule is CCN(CC)C(=O)c1ccc(CNC(=O)C2(n3cccn3)CCNCC2)cc1.Cl. The second-order valence-corrected chi connectivity index (χ2v) is 7.09. The van der Waals surface area contributed by atoms with Crippen LogP contribution in [0.5, 0.6) is 0 Å². The van der Waals surface area contributed by atoms with Crippen molar-refractivity contribution < 1.29 is 9.59 Å². The van der Waals surface area contributed by atoms with Gasteiger partial charge in [-0.3, -0.25) is 14.3 Å². The Balaban J connectivity index is 0.00000300. The summed E-state index contributed by atoms with van der Waals surface area (Å²) >= 11 is 0. The average molecular weight is 420 g/mol. The molecule has 0 atom stereocenters. The first-order valence-electron chi connectivity index (χ1n) is 9.98. The third-order valence-electron chi connectivity index (χ3n) is 5.50. The number of amides is 2. The van der Waals surface area contributed by atoms with Gasteiger partial charge in [-0.05, 0) is 63.5 Å². The number of carbonyl (C=O) groups excluding carboxylic acids is 2. The quantitative estimate of drug-likeness (QED) is 0.721. The van der Waals surface area contributed by atoms with Crippen molar-refractivity contribution in [3.05, 3.63) is 53.9 Å². The van der Waals surface area contributed by atoms with Crippen molar-refractivity contribution in [3.8, 4) is 0 Å². The highest BCUT2D eigenvalue weighted by molar-refractivity contribution is 5.94. The summed E-state index contributed by atoms with van der Waals surface area (Å²) in [5.74, 6) is 0.0221. The van der Waals surface area contributed by atoms with Gasteiger partial charge in [0.15, 0.2) is 0 Å². The summed E-state index contributed by atoms with van der Waals surface area (Å²) in [7, 11) is 0. The molecule has 158 valence electrons. The van der Waals surface area contributed by atoms with Crippen molar-refractivity contribution in [2.45, 2.75) is 38.8 Å². The predicted octanol–water partition coefficient (Wildman–Crippen LogP) is 2.18. The summed E-state index contributed by atoms with van der Waals surface area (Å²) < 4.78 is 1.79. The van der Waals surface area contributed by atoms with E-state index in [1.165, 1.54) is 0 Å². The molecule has 0 aliphatic carbocycles. The van der Waals surface area contributed by atoms with Gasteiger partial charge in [-0.1, -0.05) is 12.1 Å². The van der Waals surface area contributed by atoms with Gasteiger partial charge in [-0.25, -0.2) is 0 Å². The van der Waals surface area contributed by atoms with Gasteiger partial charge in [0.25, 0.3) is 5.91 Å². The predicted molar refractivity (Wildman–Crippen MR) is 115 cm³/mol. The van der Waals surface area contributed by atoms with Gasteiger partial charge >= 0.3 is 0 Å². The molecule has 2 aromatic rings. The standard InChI is InChI=1S/C21H29N5O2.ClH/c1-3-25(4-2)19(27)18-8-6-17(7-9-18)16-23-20(28)21(10-13-22-14-11-21)26-15-5-12-24-26;/h5-9,12,15,22H,3-4,10-11,13-14,16H2,1-2H3,(H,23,28);1H. The Bertz CT molecular complexity index is 782. The number of nitrogens with zero attached hydrogens (tertiary/aromatic N) is 3. The molecule has 7 nitrogen and oxygen atoms in total. The zero-order valence-electron chi connectivity index (χ0n) is 17.1. The number of halogens is 1. The number of nitrogens with one attached hydrogen (secondary N) is 2. The van der Waals surface area contributed by atoms with E-state index in [9.17, 15) is 9.59 Å².